The van der Waals surface area contributed by atoms with Gasteiger partial charge in [-0.05, 0) is 25.2 Å². The van der Waals surface area contributed by atoms with Crippen molar-refractivity contribution in [1.29, 1.82) is 0 Å². The molecule has 1 fully saturated rings. The van der Waals surface area contributed by atoms with Crippen molar-refractivity contribution in [1.82, 2.24) is 9.88 Å². The monoisotopic (exact) mass is 271 g/mol. The molecule has 2 aromatic rings. The molecule has 2 heterocycles. The second-order valence-corrected chi connectivity index (χ2v) is 5.17. The van der Waals surface area contributed by atoms with Crippen LogP contribution >= 0.6 is 0 Å². The maximum atomic E-state index is 11.0. The van der Waals surface area contributed by atoms with Gasteiger partial charge in [-0.2, -0.15) is 0 Å². The third kappa shape index (κ3) is 2.44. The molecule has 1 aliphatic rings. The maximum Gasteiger partial charge on any atom is 0.354 e. The molecule has 5 nitrogen and oxygen atoms in total. The summed E-state index contributed by atoms with van der Waals surface area (Å²) >= 11 is 0. The minimum atomic E-state index is -0.989. The lowest BCUT2D eigenvalue weighted by Gasteiger charge is -2.34. The first kappa shape index (κ1) is 12.9. The molecule has 104 valence electrons. The van der Waals surface area contributed by atoms with Gasteiger partial charge in [-0.1, -0.05) is 12.1 Å². The van der Waals surface area contributed by atoms with Crippen LogP contribution < -0.4 is 4.90 Å². The Balaban J connectivity index is 1.94. The van der Waals surface area contributed by atoms with E-state index < -0.39 is 5.97 Å². The van der Waals surface area contributed by atoms with E-state index >= 15 is 0 Å². The Morgan fingerprint density at radius 2 is 1.85 bits per heavy atom. The lowest BCUT2D eigenvalue weighted by Crippen LogP contribution is -2.44. The first-order valence-electron chi connectivity index (χ1n) is 6.71. The van der Waals surface area contributed by atoms with E-state index in [9.17, 15) is 4.79 Å². The second kappa shape index (κ2) is 5.09. The van der Waals surface area contributed by atoms with Gasteiger partial charge in [0.2, 0.25) is 0 Å². The molecule has 0 unspecified atom stereocenters. The predicted molar refractivity (Wildman–Crippen MR) is 78.4 cm³/mol. The summed E-state index contributed by atoms with van der Waals surface area (Å²) in [6, 6.07) is 9.41. The summed E-state index contributed by atoms with van der Waals surface area (Å²) in [6.45, 7) is 4.06. The van der Waals surface area contributed by atoms with E-state index in [1.807, 2.05) is 12.1 Å². The summed E-state index contributed by atoms with van der Waals surface area (Å²) < 4.78 is 0. The van der Waals surface area contributed by atoms with Gasteiger partial charge in [0.15, 0.2) is 0 Å². The van der Waals surface area contributed by atoms with Crippen molar-refractivity contribution in [2.24, 2.45) is 0 Å². The zero-order valence-corrected chi connectivity index (χ0v) is 11.4. The minimum Gasteiger partial charge on any atom is -0.477 e. The van der Waals surface area contributed by atoms with E-state index in [0.29, 0.717) is 0 Å². The summed E-state index contributed by atoms with van der Waals surface area (Å²) in [5.41, 5.74) is 1.94. The van der Waals surface area contributed by atoms with Gasteiger partial charge in [0.25, 0.3) is 0 Å². The van der Waals surface area contributed by atoms with E-state index in [0.717, 1.165) is 42.8 Å². The molecule has 20 heavy (non-hydrogen) atoms. The molecule has 0 saturated carbocycles. The van der Waals surface area contributed by atoms with E-state index in [1.54, 1.807) is 12.1 Å². The quantitative estimate of drug-likeness (QED) is 0.900. The number of hydrogen-bond acceptors (Lipinski definition) is 4. The molecule has 0 bridgehead atoms. The van der Waals surface area contributed by atoms with Crippen molar-refractivity contribution in [2.45, 2.75) is 0 Å². The third-order valence-electron chi connectivity index (χ3n) is 3.76. The van der Waals surface area contributed by atoms with Crippen LogP contribution in [0.2, 0.25) is 0 Å². The molecule has 1 saturated heterocycles. The number of carboxylic acid groups (broad SMARTS) is 1. The molecule has 1 aromatic carbocycles. The molecule has 0 atom stereocenters. The number of piperazine rings is 1. The number of anilines is 1. The van der Waals surface area contributed by atoms with Crippen LogP contribution in [0.25, 0.3) is 10.9 Å². The van der Waals surface area contributed by atoms with E-state index in [1.165, 1.54) is 0 Å². The molecule has 1 aromatic heterocycles. The fourth-order valence-electron chi connectivity index (χ4n) is 2.49. The Hall–Kier alpha value is -2.14. The highest BCUT2D eigenvalue weighted by molar-refractivity contribution is 5.90. The summed E-state index contributed by atoms with van der Waals surface area (Å²) in [5, 5.41) is 9.98. The Morgan fingerprint density at radius 1 is 1.15 bits per heavy atom. The second-order valence-electron chi connectivity index (χ2n) is 5.17. The fourth-order valence-corrected chi connectivity index (χ4v) is 2.49. The van der Waals surface area contributed by atoms with Gasteiger partial charge in [0, 0.05) is 37.3 Å². The van der Waals surface area contributed by atoms with Crippen LogP contribution in [0.15, 0.2) is 30.3 Å². The lowest BCUT2D eigenvalue weighted by atomic mass is 10.1. The van der Waals surface area contributed by atoms with E-state index in [4.69, 9.17) is 5.11 Å². The molecule has 5 heteroatoms. The Bertz CT molecular complexity index is 649. The van der Waals surface area contributed by atoms with Gasteiger partial charge < -0.3 is 14.9 Å². The molecule has 0 radical (unpaired) electrons. The highest BCUT2D eigenvalue weighted by atomic mass is 16.4. The van der Waals surface area contributed by atoms with Gasteiger partial charge in [-0.15, -0.1) is 0 Å². The largest absolute Gasteiger partial charge is 0.477 e. The van der Waals surface area contributed by atoms with Crippen LogP contribution in [0.5, 0.6) is 0 Å². The fraction of sp³-hybridized carbons (Fsp3) is 0.333. The summed E-state index contributed by atoms with van der Waals surface area (Å²) in [5.74, 6) is -0.989. The molecule has 0 spiro atoms. The first-order chi connectivity index (χ1) is 9.63. The lowest BCUT2D eigenvalue weighted by molar-refractivity contribution is 0.0691. The van der Waals surface area contributed by atoms with Crippen LogP contribution in [0.1, 0.15) is 10.5 Å². The number of aromatic nitrogens is 1. The number of carbonyl (C=O) groups is 1. The summed E-state index contributed by atoms with van der Waals surface area (Å²) in [4.78, 5) is 19.8. The van der Waals surface area contributed by atoms with Crippen LogP contribution in [0.4, 0.5) is 5.69 Å². The zero-order valence-electron chi connectivity index (χ0n) is 11.4. The van der Waals surface area contributed by atoms with Crippen molar-refractivity contribution in [3.05, 3.63) is 36.0 Å². The summed E-state index contributed by atoms with van der Waals surface area (Å²) in [7, 11) is 2.12. The van der Waals surface area contributed by atoms with E-state index in [-0.39, 0.29) is 5.69 Å². The molecule has 1 aliphatic heterocycles. The zero-order chi connectivity index (χ0) is 14.1. The number of hydrogen-bond donors (Lipinski definition) is 1. The van der Waals surface area contributed by atoms with Crippen molar-refractivity contribution in [3.63, 3.8) is 0 Å². The average Bonchev–Trinajstić information content (AvgIpc) is 2.47. The minimum absolute atomic E-state index is 0.0908. The SMILES string of the molecule is CN1CCN(c2ccc3ccc(C(=O)O)nc3c2)CC1. The number of benzene rings is 1. The number of carboxylic acids is 1. The van der Waals surface area contributed by atoms with Gasteiger partial charge in [0.05, 0.1) is 5.52 Å². The van der Waals surface area contributed by atoms with Crippen LogP contribution in [0, 0.1) is 0 Å². The van der Waals surface area contributed by atoms with Gasteiger partial charge in [-0.25, -0.2) is 9.78 Å². The van der Waals surface area contributed by atoms with Crippen molar-refractivity contribution in [2.75, 3.05) is 38.1 Å². The number of rotatable bonds is 2. The first-order valence-corrected chi connectivity index (χ1v) is 6.71. The molecule has 0 amide bonds. The smallest absolute Gasteiger partial charge is 0.354 e. The van der Waals surface area contributed by atoms with Gasteiger partial charge in [0.1, 0.15) is 5.69 Å². The molecular formula is C15H17N3O2. The third-order valence-corrected chi connectivity index (χ3v) is 3.76. The Morgan fingerprint density at radius 3 is 2.55 bits per heavy atom. The maximum absolute atomic E-state index is 11.0. The van der Waals surface area contributed by atoms with Crippen LogP contribution in [0.3, 0.4) is 0 Å². The number of pyridine rings is 1. The highest BCUT2D eigenvalue weighted by Crippen LogP contribution is 2.22. The number of nitrogens with zero attached hydrogens (tertiary/aromatic N) is 3. The highest BCUT2D eigenvalue weighted by Gasteiger charge is 2.15. The topological polar surface area (TPSA) is 56.7 Å². The van der Waals surface area contributed by atoms with Crippen LogP contribution in [-0.2, 0) is 0 Å². The Kier molecular flexibility index (Phi) is 3.28. The normalized spacial score (nSPS) is 16.6. The van der Waals surface area contributed by atoms with Crippen molar-refractivity contribution < 1.29 is 9.90 Å². The number of aromatic carboxylic acids is 1. The summed E-state index contributed by atoms with van der Waals surface area (Å²) in [6.07, 6.45) is 0. The predicted octanol–water partition coefficient (Wildman–Crippen LogP) is 1.68. The molecular weight excluding hydrogens is 254 g/mol. The molecule has 3 rings (SSSR count). The van der Waals surface area contributed by atoms with Gasteiger partial charge in [-0.3, -0.25) is 0 Å². The number of likely N-dealkylation sites (N-methyl/N-ethyl adjacent to an activating group) is 1. The van der Waals surface area contributed by atoms with Crippen LogP contribution in [-0.4, -0.2) is 54.2 Å². The Labute approximate surface area is 117 Å². The standard InChI is InChI=1S/C15H17N3O2/c1-17-6-8-18(9-7-17)12-4-2-11-3-5-13(15(19)20)16-14(11)10-12/h2-5,10H,6-9H2,1H3,(H,19,20). The van der Waals surface area contributed by atoms with Gasteiger partial charge >= 0.3 is 5.97 Å². The van der Waals surface area contributed by atoms with E-state index in [2.05, 4.69) is 27.9 Å². The average molecular weight is 271 g/mol. The number of fused-ring (bicyclic) bond motifs is 1. The molecule has 1 N–H and O–H groups in total. The van der Waals surface area contributed by atoms with Crippen molar-refractivity contribution in [3.8, 4) is 0 Å². The van der Waals surface area contributed by atoms with Crippen molar-refractivity contribution >= 4 is 22.6 Å². The molecule has 0 aliphatic carbocycles.